The third-order valence-electron chi connectivity index (χ3n) is 4.60. The Balaban J connectivity index is 1.34. The number of thioether (sulfide) groups is 1. The second-order valence-corrected chi connectivity index (χ2v) is 10.7. The number of halogens is 4. The molecule has 0 aliphatic heterocycles. The molecule has 0 fully saturated rings. The molecule has 1 heterocycles. The van der Waals surface area contributed by atoms with E-state index in [-0.39, 0.29) is 22.6 Å². The number of carbonyl (C=O) groups excluding carboxylic acids is 2. The van der Waals surface area contributed by atoms with E-state index in [1.165, 1.54) is 29.2 Å². The molecule has 3 aromatic carbocycles. The third kappa shape index (κ3) is 6.91. The summed E-state index contributed by atoms with van der Waals surface area (Å²) in [6, 6.07) is 17.0. The van der Waals surface area contributed by atoms with Crippen molar-refractivity contribution in [3.05, 3.63) is 91.7 Å². The first kappa shape index (κ1) is 25.8. The summed E-state index contributed by atoms with van der Waals surface area (Å²) in [4.78, 5) is 30.2. The van der Waals surface area contributed by atoms with Crippen molar-refractivity contribution in [2.75, 3.05) is 16.4 Å². The lowest BCUT2D eigenvalue weighted by Crippen LogP contribution is -2.14. The van der Waals surface area contributed by atoms with Crippen molar-refractivity contribution in [3.63, 3.8) is 0 Å². The predicted octanol–water partition coefficient (Wildman–Crippen LogP) is 8.41. The van der Waals surface area contributed by atoms with E-state index in [4.69, 9.17) is 46.4 Å². The molecular formula is C24H15Cl4N3O2S2. The van der Waals surface area contributed by atoms with Gasteiger partial charge in [0.25, 0.3) is 5.91 Å². The van der Waals surface area contributed by atoms with Crippen LogP contribution in [0.3, 0.4) is 0 Å². The van der Waals surface area contributed by atoms with Gasteiger partial charge in [-0.25, -0.2) is 4.98 Å². The molecule has 178 valence electrons. The highest BCUT2D eigenvalue weighted by atomic mass is 35.5. The average Bonchev–Trinajstić information content (AvgIpc) is 3.26. The van der Waals surface area contributed by atoms with Crippen LogP contribution in [-0.2, 0) is 4.79 Å². The minimum Gasteiger partial charge on any atom is -0.322 e. The van der Waals surface area contributed by atoms with E-state index in [1.54, 1.807) is 48.5 Å². The van der Waals surface area contributed by atoms with Gasteiger partial charge in [-0.3, -0.25) is 9.59 Å². The molecule has 4 rings (SSSR count). The maximum absolute atomic E-state index is 12.5. The smallest absolute Gasteiger partial charge is 0.257 e. The zero-order valence-electron chi connectivity index (χ0n) is 17.7. The Labute approximate surface area is 229 Å². The second kappa shape index (κ2) is 11.6. The number of thiazole rings is 1. The lowest BCUT2D eigenvalue weighted by atomic mass is 10.2. The number of hydrogen-bond acceptors (Lipinski definition) is 5. The van der Waals surface area contributed by atoms with Gasteiger partial charge in [0.05, 0.1) is 27.1 Å². The molecule has 0 saturated heterocycles. The summed E-state index contributed by atoms with van der Waals surface area (Å²) in [6.45, 7) is 0. The van der Waals surface area contributed by atoms with E-state index in [1.807, 2.05) is 11.4 Å². The largest absolute Gasteiger partial charge is 0.322 e. The quantitative estimate of drug-likeness (QED) is 0.215. The molecule has 5 nitrogen and oxygen atoms in total. The molecule has 0 unspecified atom stereocenters. The molecule has 1 aromatic heterocycles. The fraction of sp³-hybridized carbons (Fsp3) is 0.0417. The Morgan fingerprint density at radius 1 is 0.886 bits per heavy atom. The number of nitrogens with one attached hydrogen (secondary N) is 2. The van der Waals surface area contributed by atoms with Crippen LogP contribution < -0.4 is 10.6 Å². The monoisotopic (exact) mass is 581 g/mol. The predicted molar refractivity (Wildman–Crippen MR) is 148 cm³/mol. The van der Waals surface area contributed by atoms with E-state index < -0.39 is 0 Å². The van der Waals surface area contributed by atoms with Crippen LogP contribution in [0.5, 0.6) is 0 Å². The van der Waals surface area contributed by atoms with Crippen LogP contribution in [0.25, 0.3) is 11.3 Å². The van der Waals surface area contributed by atoms with Crippen molar-refractivity contribution in [2.24, 2.45) is 0 Å². The summed E-state index contributed by atoms with van der Waals surface area (Å²) < 4.78 is 0. The SMILES string of the molecule is O=C(CSc1cccc(NC(=O)c2ccc(Cl)cc2Cl)c1)Nc1nc(-c2ccc(Cl)cc2Cl)cs1. The van der Waals surface area contributed by atoms with Gasteiger partial charge in [0.1, 0.15) is 0 Å². The van der Waals surface area contributed by atoms with Crippen molar-refractivity contribution in [3.8, 4) is 11.3 Å². The maximum Gasteiger partial charge on any atom is 0.257 e. The van der Waals surface area contributed by atoms with Crippen LogP contribution in [0.1, 0.15) is 10.4 Å². The lowest BCUT2D eigenvalue weighted by molar-refractivity contribution is -0.113. The molecule has 2 amide bonds. The molecular weight excluding hydrogens is 568 g/mol. The number of benzene rings is 3. The average molecular weight is 583 g/mol. The minimum absolute atomic E-state index is 0.164. The van der Waals surface area contributed by atoms with Crippen LogP contribution in [0.15, 0.2) is 70.9 Å². The van der Waals surface area contributed by atoms with Crippen LogP contribution in [0, 0.1) is 0 Å². The molecule has 0 saturated carbocycles. The van der Waals surface area contributed by atoms with Gasteiger partial charge in [0.2, 0.25) is 5.91 Å². The van der Waals surface area contributed by atoms with Crippen molar-refractivity contribution in [2.45, 2.75) is 4.90 Å². The Hall–Kier alpha value is -2.26. The summed E-state index contributed by atoms with van der Waals surface area (Å²) in [6.07, 6.45) is 0. The number of hydrogen-bond donors (Lipinski definition) is 2. The number of nitrogens with zero attached hydrogens (tertiary/aromatic N) is 1. The van der Waals surface area contributed by atoms with Gasteiger partial charge < -0.3 is 10.6 Å². The van der Waals surface area contributed by atoms with Gasteiger partial charge in [0.15, 0.2) is 5.13 Å². The number of rotatable bonds is 7. The van der Waals surface area contributed by atoms with Crippen molar-refractivity contribution >= 4 is 92.1 Å². The molecule has 0 radical (unpaired) electrons. The van der Waals surface area contributed by atoms with E-state index in [9.17, 15) is 9.59 Å². The first-order valence-electron chi connectivity index (χ1n) is 9.98. The summed E-state index contributed by atoms with van der Waals surface area (Å²) in [5, 5.41) is 9.63. The molecule has 0 aliphatic carbocycles. The first-order valence-corrected chi connectivity index (χ1v) is 13.4. The zero-order chi connectivity index (χ0) is 24.9. The molecule has 0 bridgehead atoms. The standard InChI is InChI=1S/C24H15Cl4N3O2S2/c25-13-4-6-17(19(27)8-13)21-11-35-24(30-21)31-22(32)12-34-16-3-1-2-15(10-16)29-23(33)18-7-5-14(26)9-20(18)28/h1-11H,12H2,(H,29,33)(H,30,31,32). The lowest BCUT2D eigenvalue weighted by Gasteiger charge is -2.09. The highest BCUT2D eigenvalue weighted by Gasteiger charge is 2.13. The van der Waals surface area contributed by atoms with Crippen LogP contribution in [0.2, 0.25) is 20.1 Å². The molecule has 4 aromatic rings. The van der Waals surface area contributed by atoms with E-state index in [2.05, 4.69) is 15.6 Å². The first-order chi connectivity index (χ1) is 16.8. The maximum atomic E-state index is 12.5. The topological polar surface area (TPSA) is 71.1 Å². The Morgan fingerprint density at radius 3 is 2.37 bits per heavy atom. The Morgan fingerprint density at radius 2 is 1.63 bits per heavy atom. The molecule has 2 N–H and O–H groups in total. The molecule has 0 aliphatic rings. The molecule has 0 atom stereocenters. The fourth-order valence-corrected chi connectivity index (χ4v) is 5.47. The number of aromatic nitrogens is 1. The van der Waals surface area contributed by atoms with Gasteiger partial charge >= 0.3 is 0 Å². The van der Waals surface area contributed by atoms with Gasteiger partial charge in [-0.15, -0.1) is 23.1 Å². The van der Waals surface area contributed by atoms with E-state index >= 15 is 0 Å². The fourth-order valence-electron chi connectivity index (χ4n) is 2.99. The van der Waals surface area contributed by atoms with Gasteiger partial charge in [-0.2, -0.15) is 0 Å². The molecule has 11 heteroatoms. The highest BCUT2D eigenvalue weighted by Crippen LogP contribution is 2.32. The summed E-state index contributed by atoms with van der Waals surface area (Å²) in [5.41, 5.74) is 2.29. The third-order valence-corrected chi connectivity index (χ3v) is 7.44. The van der Waals surface area contributed by atoms with Crippen molar-refractivity contribution in [1.29, 1.82) is 0 Å². The van der Waals surface area contributed by atoms with E-state index in [0.717, 1.165) is 10.5 Å². The van der Waals surface area contributed by atoms with Gasteiger partial charge in [-0.1, -0.05) is 52.5 Å². The Bertz CT molecular complexity index is 1410. The number of anilines is 2. The van der Waals surface area contributed by atoms with Crippen molar-refractivity contribution < 1.29 is 9.59 Å². The molecule has 35 heavy (non-hydrogen) atoms. The minimum atomic E-state index is -0.355. The normalized spacial score (nSPS) is 10.7. The number of carbonyl (C=O) groups is 2. The van der Waals surface area contributed by atoms with Crippen LogP contribution >= 0.6 is 69.5 Å². The zero-order valence-corrected chi connectivity index (χ0v) is 22.3. The summed E-state index contributed by atoms with van der Waals surface area (Å²) in [5.74, 6) is -0.399. The van der Waals surface area contributed by atoms with Gasteiger partial charge in [-0.05, 0) is 54.6 Å². The Kier molecular flexibility index (Phi) is 8.59. The van der Waals surface area contributed by atoms with Gasteiger partial charge in [0, 0.05) is 31.6 Å². The summed E-state index contributed by atoms with van der Waals surface area (Å²) >= 11 is 26.8. The van der Waals surface area contributed by atoms with Crippen LogP contribution in [0.4, 0.5) is 10.8 Å². The molecule has 0 spiro atoms. The second-order valence-electron chi connectivity index (χ2n) is 7.11. The van der Waals surface area contributed by atoms with Crippen molar-refractivity contribution in [1.82, 2.24) is 4.98 Å². The van der Waals surface area contributed by atoms with E-state index in [0.29, 0.717) is 37.1 Å². The van der Waals surface area contributed by atoms with Crippen LogP contribution in [-0.4, -0.2) is 22.6 Å². The number of amides is 2. The highest BCUT2D eigenvalue weighted by molar-refractivity contribution is 8.00. The summed E-state index contributed by atoms with van der Waals surface area (Å²) in [7, 11) is 0.